The molecule has 1 amide bonds. The highest BCUT2D eigenvalue weighted by Gasteiger charge is 2.24. The number of methoxy groups -OCH3 is 1. The Morgan fingerprint density at radius 1 is 1.37 bits per heavy atom. The number of nitrogens with two attached hydrogens (primary N) is 1. The number of carboxylic acids is 1. The van der Waals surface area contributed by atoms with Crippen molar-refractivity contribution >= 4 is 23.5 Å². The Morgan fingerprint density at radius 3 is 2.53 bits per heavy atom. The first-order valence-corrected chi connectivity index (χ1v) is 5.40. The molecule has 7 heteroatoms. The molecule has 0 spiro atoms. The molecule has 0 saturated heterocycles. The third kappa shape index (κ3) is 3.98. The van der Waals surface area contributed by atoms with E-state index in [-0.39, 0.29) is 11.3 Å². The van der Waals surface area contributed by atoms with Crippen LogP contribution >= 0.6 is 0 Å². The summed E-state index contributed by atoms with van der Waals surface area (Å²) < 4.78 is 4.36. The summed E-state index contributed by atoms with van der Waals surface area (Å²) in [6.45, 7) is 0. The quantitative estimate of drug-likeness (QED) is 0.510. The molecule has 1 atom stereocenters. The molecule has 0 aliphatic rings. The van der Waals surface area contributed by atoms with Gasteiger partial charge < -0.3 is 20.9 Å². The Hall–Kier alpha value is -2.57. The van der Waals surface area contributed by atoms with Crippen molar-refractivity contribution in [3.63, 3.8) is 0 Å². The zero-order chi connectivity index (χ0) is 14.4. The number of carbonyl (C=O) groups is 3. The van der Waals surface area contributed by atoms with Gasteiger partial charge in [0.25, 0.3) is 5.91 Å². The van der Waals surface area contributed by atoms with Crippen molar-refractivity contribution in [2.24, 2.45) is 0 Å². The predicted octanol–water partition coefficient (Wildman–Crippen LogP) is 0.0149. The van der Waals surface area contributed by atoms with Crippen LogP contribution in [0.1, 0.15) is 16.8 Å². The molecule has 4 N–H and O–H groups in total. The number of anilines is 1. The molecule has 1 aromatic rings. The maximum absolute atomic E-state index is 11.8. The maximum Gasteiger partial charge on any atom is 0.326 e. The smallest absolute Gasteiger partial charge is 0.326 e. The van der Waals surface area contributed by atoms with Gasteiger partial charge in [0.15, 0.2) is 0 Å². The summed E-state index contributed by atoms with van der Waals surface area (Å²) in [6, 6.07) is 4.86. The van der Waals surface area contributed by atoms with Gasteiger partial charge in [-0.25, -0.2) is 4.79 Å². The van der Waals surface area contributed by atoms with Crippen molar-refractivity contribution in [3.8, 4) is 0 Å². The molecule has 7 nitrogen and oxygen atoms in total. The number of carboxylic acid groups (broad SMARTS) is 1. The molecular formula is C12H14N2O5. The number of hydrogen-bond acceptors (Lipinski definition) is 5. The molecule has 0 unspecified atom stereocenters. The minimum absolute atomic E-state index is 0.151. The molecule has 0 bridgehead atoms. The lowest BCUT2D eigenvalue weighted by molar-refractivity contribution is -0.147. The molecule has 1 aromatic carbocycles. The first-order valence-electron chi connectivity index (χ1n) is 5.40. The van der Waals surface area contributed by atoms with Gasteiger partial charge in [0, 0.05) is 5.69 Å². The third-order valence-electron chi connectivity index (χ3n) is 2.41. The van der Waals surface area contributed by atoms with E-state index in [4.69, 9.17) is 10.8 Å². The molecule has 1 rings (SSSR count). The fourth-order valence-electron chi connectivity index (χ4n) is 1.39. The second-order valence-corrected chi connectivity index (χ2v) is 3.73. The van der Waals surface area contributed by atoms with Crippen LogP contribution in [0.15, 0.2) is 24.3 Å². The number of aliphatic carboxylic acids is 1. The first kappa shape index (κ1) is 14.5. The molecule has 0 aliphatic heterocycles. The number of ether oxygens (including phenoxy) is 1. The third-order valence-corrected chi connectivity index (χ3v) is 2.41. The Labute approximate surface area is 109 Å². The Kier molecular flexibility index (Phi) is 4.87. The van der Waals surface area contributed by atoms with E-state index in [1.165, 1.54) is 12.1 Å². The van der Waals surface area contributed by atoms with E-state index >= 15 is 0 Å². The van der Waals surface area contributed by atoms with E-state index in [9.17, 15) is 14.4 Å². The van der Waals surface area contributed by atoms with Gasteiger partial charge >= 0.3 is 11.9 Å². The SMILES string of the molecule is COC(=O)C[C@H](NC(=O)c1ccccc1N)C(=O)O. The van der Waals surface area contributed by atoms with E-state index in [2.05, 4.69) is 10.1 Å². The highest BCUT2D eigenvalue weighted by molar-refractivity contribution is 6.01. The van der Waals surface area contributed by atoms with Crippen LogP contribution in [0.2, 0.25) is 0 Å². The summed E-state index contributed by atoms with van der Waals surface area (Å²) in [5.74, 6) is -2.71. The van der Waals surface area contributed by atoms with Gasteiger partial charge in [-0.1, -0.05) is 12.1 Å². The van der Waals surface area contributed by atoms with Crippen LogP contribution in [0.25, 0.3) is 0 Å². The van der Waals surface area contributed by atoms with Gasteiger partial charge in [-0.3, -0.25) is 9.59 Å². The van der Waals surface area contributed by atoms with Crippen molar-refractivity contribution in [2.45, 2.75) is 12.5 Å². The average molecular weight is 266 g/mol. The van der Waals surface area contributed by atoms with E-state index in [1.54, 1.807) is 12.1 Å². The minimum Gasteiger partial charge on any atom is -0.480 e. The number of nitrogen functional groups attached to an aromatic ring is 1. The maximum atomic E-state index is 11.8. The lowest BCUT2D eigenvalue weighted by atomic mass is 10.1. The fraction of sp³-hybridized carbons (Fsp3) is 0.250. The van der Waals surface area contributed by atoms with Crippen LogP contribution in [-0.2, 0) is 14.3 Å². The highest BCUT2D eigenvalue weighted by atomic mass is 16.5. The molecule has 0 aromatic heterocycles. The van der Waals surface area contributed by atoms with Crippen LogP contribution in [0.5, 0.6) is 0 Å². The summed E-state index contributed by atoms with van der Waals surface area (Å²) in [4.78, 5) is 33.8. The van der Waals surface area contributed by atoms with Crippen LogP contribution in [-0.4, -0.2) is 36.1 Å². The number of amides is 1. The monoisotopic (exact) mass is 266 g/mol. The number of nitrogens with one attached hydrogen (secondary N) is 1. The molecular weight excluding hydrogens is 252 g/mol. The summed E-state index contributed by atoms with van der Waals surface area (Å²) in [6.07, 6.45) is -0.454. The van der Waals surface area contributed by atoms with Crippen molar-refractivity contribution in [1.82, 2.24) is 5.32 Å². The number of esters is 1. The number of rotatable bonds is 5. The lowest BCUT2D eigenvalue weighted by Crippen LogP contribution is -2.42. The minimum atomic E-state index is -1.36. The predicted molar refractivity (Wildman–Crippen MR) is 66.4 cm³/mol. The molecule has 102 valence electrons. The van der Waals surface area contributed by atoms with Crippen molar-refractivity contribution in [2.75, 3.05) is 12.8 Å². The molecule has 0 saturated carbocycles. The summed E-state index contributed by atoms with van der Waals surface area (Å²) in [5, 5.41) is 11.1. The topological polar surface area (TPSA) is 119 Å². The molecule has 19 heavy (non-hydrogen) atoms. The zero-order valence-electron chi connectivity index (χ0n) is 10.3. The summed E-state index contributed by atoms with van der Waals surface area (Å²) >= 11 is 0. The molecule has 0 heterocycles. The van der Waals surface area contributed by atoms with Crippen LogP contribution in [0, 0.1) is 0 Å². The number of carbonyl (C=O) groups excluding carboxylic acids is 2. The van der Waals surface area contributed by atoms with Crippen molar-refractivity contribution < 1.29 is 24.2 Å². The number of hydrogen-bond donors (Lipinski definition) is 3. The summed E-state index contributed by atoms with van der Waals surface area (Å²) in [5.41, 5.74) is 5.98. The normalized spacial score (nSPS) is 11.4. The van der Waals surface area contributed by atoms with Gasteiger partial charge in [0.05, 0.1) is 19.1 Å². The number of benzene rings is 1. The van der Waals surface area contributed by atoms with E-state index in [1.807, 2.05) is 0 Å². The summed E-state index contributed by atoms with van der Waals surface area (Å²) in [7, 11) is 1.14. The molecule has 0 fully saturated rings. The standard InChI is InChI=1S/C12H14N2O5/c1-19-10(15)6-9(12(17)18)14-11(16)7-4-2-3-5-8(7)13/h2-5,9H,6,13H2,1H3,(H,14,16)(H,17,18)/t9-/m0/s1. The fourth-order valence-corrected chi connectivity index (χ4v) is 1.39. The highest BCUT2D eigenvalue weighted by Crippen LogP contribution is 2.10. The Morgan fingerprint density at radius 2 is 2.00 bits per heavy atom. The largest absolute Gasteiger partial charge is 0.480 e. The van der Waals surface area contributed by atoms with Crippen molar-refractivity contribution in [3.05, 3.63) is 29.8 Å². The van der Waals surface area contributed by atoms with Gasteiger partial charge in [0.2, 0.25) is 0 Å². The van der Waals surface area contributed by atoms with E-state index in [0.29, 0.717) is 0 Å². The van der Waals surface area contributed by atoms with Crippen LogP contribution < -0.4 is 11.1 Å². The second-order valence-electron chi connectivity index (χ2n) is 3.73. The lowest BCUT2D eigenvalue weighted by Gasteiger charge is -2.14. The van der Waals surface area contributed by atoms with Gasteiger partial charge in [-0.05, 0) is 12.1 Å². The molecule has 0 aliphatic carbocycles. The zero-order valence-corrected chi connectivity index (χ0v) is 10.3. The van der Waals surface area contributed by atoms with E-state index in [0.717, 1.165) is 7.11 Å². The first-order chi connectivity index (χ1) is 8.95. The van der Waals surface area contributed by atoms with Gasteiger partial charge in [-0.15, -0.1) is 0 Å². The van der Waals surface area contributed by atoms with Crippen LogP contribution in [0.4, 0.5) is 5.69 Å². The van der Waals surface area contributed by atoms with E-state index < -0.39 is 30.3 Å². The van der Waals surface area contributed by atoms with Gasteiger partial charge in [-0.2, -0.15) is 0 Å². The second kappa shape index (κ2) is 6.39. The molecule has 0 radical (unpaired) electrons. The van der Waals surface area contributed by atoms with Crippen LogP contribution in [0.3, 0.4) is 0 Å². The Balaban J connectivity index is 2.80. The van der Waals surface area contributed by atoms with Gasteiger partial charge in [0.1, 0.15) is 6.04 Å². The average Bonchev–Trinajstić information content (AvgIpc) is 2.37. The Bertz CT molecular complexity index is 501. The number of para-hydroxylation sites is 1. The van der Waals surface area contributed by atoms with Crippen molar-refractivity contribution in [1.29, 1.82) is 0 Å².